The van der Waals surface area contributed by atoms with E-state index in [1.807, 2.05) is 12.1 Å². The predicted molar refractivity (Wildman–Crippen MR) is 82.9 cm³/mol. The monoisotopic (exact) mass is 281 g/mol. The van der Waals surface area contributed by atoms with Gasteiger partial charge in [-0.25, -0.2) is 0 Å². The van der Waals surface area contributed by atoms with E-state index < -0.39 is 0 Å². The van der Waals surface area contributed by atoms with Crippen molar-refractivity contribution in [1.82, 2.24) is 4.90 Å². The van der Waals surface area contributed by atoms with Crippen molar-refractivity contribution in [2.24, 2.45) is 5.73 Å². The van der Waals surface area contributed by atoms with Gasteiger partial charge in [-0.05, 0) is 37.2 Å². The standard InChI is InChI=1S/C15H24ClN3/c1-3-18(4-2)14-7-8-19(11-14)13-6-5-12(10-17)15(16)9-13/h5-6,9,14H,3-4,7-8,10-11,17H2,1-2H3. The van der Waals surface area contributed by atoms with Crippen LogP contribution < -0.4 is 10.6 Å². The molecule has 4 heteroatoms. The summed E-state index contributed by atoms with van der Waals surface area (Å²) in [5.41, 5.74) is 7.89. The molecule has 1 aliphatic rings. The van der Waals surface area contributed by atoms with Crippen molar-refractivity contribution in [3.63, 3.8) is 0 Å². The van der Waals surface area contributed by atoms with Gasteiger partial charge >= 0.3 is 0 Å². The summed E-state index contributed by atoms with van der Waals surface area (Å²) >= 11 is 6.24. The molecule has 0 radical (unpaired) electrons. The van der Waals surface area contributed by atoms with E-state index in [2.05, 4.69) is 29.7 Å². The Hall–Kier alpha value is -0.770. The van der Waals surface area contributed by atoms with E-state index in [-0.39, 0.29) is 0 Å². The largest absolute Gasteiger partial charge is 0.370 e. The lowest BCUT2D eigenvalue weighted by atomic mass is 10.2. The lowest BCUT2D eigenvalue weighted by molar-refractivity contribution is 0.232. The van der Waals surface area contributed by atoms with E-state index in [9.17, 15) is 0 Å². The molecule has 0 saturated carbocycles. The Kier molecular flexibility index (Phi) is 5.08. The molecule has 2 rings (SSSR count). The first-order valence-corrected chi connectivity index (χ1v) is 7.54. The second-order valence-corrected chi connectivity index (χ2v) is 5.50. The lowest BCUT2D eigenvalue weighted by Gasteiger charge is -2.26. The van der Waals surface area contributed by atoms with Crippen LogP contribution >= 0.6 is 11.6 Å². The zero-order chi connectivity index (χ0) is 13.8. The third-order valence-electron chi connectivity index (χ3n) is 4.11. The quantitative estimate of drug-likeness (QED) is 0.901. The van der Waals surface area contributed by atoms with Crippen molar-refractivity contribution >= 4 is 17.3 Å². The van der Waals surface area contributed by atoms with Crippen molar-refractivity contribution in [3.05, 3.63) is 28.8 Å². The molecule has 3 nitrogen and oxygen atoms in total. The summed E-state index contributed by atoms with van der Waals surface area (Å²) in [4.78, 5) is 4.96. The fourth-order valence-electron chi connectivity index (χ4n) is 2.91. The molecule has 1 saturated heterocycles. The fourth-order valence-corrected chi connectivity index (χ4v) is 3.16. The Labute approximate surface area is 121 Å². The maximum Gasteiger partial charge on any atom is 0.0471 e. The van der Waals surface area contributed by atoms with Gasteiger partial charge in [0.15, 0.2) is 0 Å². The van der Waals surface area contributed by atoms with Gasteiger partial charge in [-0.15, -0.1) is 0 Å². The zero-order valence-corrected chi connectivity index (χ0v) is 12.7. The second-order valence-electron chi connectivity index (χ2n) is 5.09. The van der Waals surface area contributed by atoms with Gasteiger partial charge in [0.25, 0.3) is 0 Å². The summed E-state index contributed by atoms with van der Waals surface area (Å²) in [6.07, 6.45) is 1.23. The molecule has 0 aromatic heterocycles. The van der Waals surface area contributed by atoms with Crippen molar-refractivity contribution in [3.8, 4) is 0 Å². The number of hydrogen-bond donors (Lipinski definition) is 1. The van der Waals surface area contributed by atoms with Crippen LogP contribution in [-0.4, -0.2) is 37.1 Å². The normalized spacial score (nSPS) is 19.4. The van der Waals surface area contributed by atoms with Crippen LogP contribution in [0, 0.1) is 0 Å². The molecule has 0 amide bonds. The van der Waals surface area contributed by atoms with E-state index >= 15 is 0 Å². The minimum atomic E-state index is 0.501. The molecule has 1 unspecified atom stereocenters. The average Bonchev–Trinajstić information content (AvgIpc) is 2.90. The lowest BCUT2D eigenvalue weighted by Crippen LogP contribution is -2.37. The Morgan fingerprint density at radius 3 is 2.68 bits per heavy atom. The highest BCUT2D eigenvalue weighted by molar-refractivity contribution is 6.31. The molecule has 1 aromatic rings. The smallest absolute Gasteiger partial charge is 0.0471 e. The highest BCUT2D eigenvalue weighted by Crippen LogP contribution is 2.27. The van der Waals surface area contributed by atoms with Gasteiger partial charge in [0.05, 0.1) is 0 Å². The summed E-state index contributed by atoms with van der Waals surface area (Å²) in [6, 6.07) is 6.90. The molecule has 0 spiro atoms. The highest BCUT2D eigenvalue weighted by Gasteiger charge is 2.26. The first-order valence-electron chi connectivity index (χ1n) is 7.17. The molecular formula is C15H24ClN3. The highest BCUT2D eigenvalue weighted by atomic mass is 35.5. The molecule has 0 bridgehead atoms. The summed E-state index contributed by atoms with van der Waals surface area (Å²) in [6.45, 7) is 9.43. The molecule has 106 valence electrons. The number of nitrogens with two attached hydrogens (primary N) is 1. The Balaban J connectivity index is 2.06. The van der Waals surface area contributed by atoms with Crippen molar-refractivity contribution in [2.45, 2.75) is 32.9 Å². The van der Waals surface area contributed by atoms with Gasteiger partial charge in [0.1, 0.15) is 0 Å². The Morgan fingerprint density at radius 2 is 2.11 bits per heavy atom. The van der Waals surface area contributed by atoms with Gasteiger partial charge in [0, 0.05) is 36.4 Å². The molecule has 1 aromatic carbocycles. The maximum absolute atomic E-state index is 6.24. The van der Waals surface area contributed by atoms with Gasteiger partial charge in [0.2, 0.25) is 0 Å². The van der Waals surface area contributed by atoms with E-state index in [1.165, 1.54) is 12.1 Å². The van der Waals surface area contributed by atoms with Crippen LogP contribution in [-0.2, 0) is 6.54 Å². The predicted octanol–water partition coefficient (Wildman–Crippen LogP) is 2.72. The maximum atomic E-state index is 6.24. The summed E-state index contributed by atoms with van der Waals surface area (Å²) in [5, 5.41) is 0.784. The van der Waals surface area contributed by atoms with Gasteiger partial charge in [-0.1, -0.05) is 31.5 Å². The van der Waals surface area contributed by atoms with Crippen molar-refractivity contribution in [2.75, 3.05) is 31.1 Å². The summed E-state index contributed by atoms with van der Waals surface area (Å²) in [7, 11) is 0. The van der Waals surface area contributed by atoms with Crippen LogP contribution in [0.1, 0.15) is 25.8 Å². The summed E-state index contributed by atoms with van der Waals surface area (Å²) < 4.78 is 0. The Bertz CT molecular complexity index is 418. The number of nitrogens with zero attached hydrogens (tertiary/aromatic N) is 2. The van der Waals surface area contributed by atoms with E-state index in [4.69, 9.17) is 17.3 Å². The molecule has 1 aliphatic heterocycles. The number of benzene rings is 1. The topological polar surface area (TPSA) is 32.5 Å². The molecule has 1 atom stereocenters. The fraction of sp³-hybridized carbons (Fsp3) is 0.600. The summed E-state index contributed by atoms with van der Waals surface area (Å²) in [5.74, 6) is 0. The van der Waals surface area contributed by atoms with Crippen molar-refractivity contribution < 1.29 is 0 Å². The minimum Gasteiger partial charge on any atom is -0.370 e. The van der Waals surface area contributed by atoms with Gasteiger partial charge in [-0.3, -0.25) is 4.90 Å². The van der Waals surface area contributed by atoms with E-state index in [0.717, 1.165) is 36.8 Å². The molecule has 2 N–H and O–H groups in total. The van der Waals surface area contributed by atoms with Crippen LogP contribution in [0.2, 0.25) is 5.02 Å². The van der Waals surface area contributed by atoms with E-state index in [0.29, 0.717) is 12.6 Å². The van der Waals surface area contributed by atoms with Gasteiger partial charge in [-0.2, -0.15) is 0 Å². The van der Waals surface area contributed by atoms with Gasteiger partial charge < -0.3 is 10.6 Å². The third-order valence-corrected chi connectivity index (χ3v) is 4.47. The SMILES string of the molecule is CCN(CC)C1CCN(c2ccc(CN)c(Cl)c2)C1. The molecule has 1 heterocycles. The number of anilines is 1. The van der Waals surface area contributed by atoms with Crippen LogP contribution in [0.5, 0.6) is 0 Å². The van der Waals surface area contributed by atoms with Crippen molar-refractivity contribution in [1.29, 1.82) is 0 Å². The van der Waals surface area contributed by atoms with Crippen LogP contribution in [0.3, 0.4) is 0 Å². The molecule has 1 fully saturated rings. The van der Waals surface area contributed by atoms with Crippen LogP contribution in [0.4, 0.5) is 5.69 Å². The first-order chi connectivity index (χ1) is 9.19. The number of rotatable bonds is 5. The number of hydrogen-bond acceptors (Lipinski definition) is 3. The molecule has 0 aliphatic carbocycles. The molecule has 19 heavy (non-hydrogen) atoms. The first kappa shape index (κ1) is 14.6. The third kappa shape index (κ3) is 3.22. The average molecular weight is 282 g/mol. The van der Waals surface area contributed by atoms with Crippen LogP contribution in [0.25, 0.3) is 0 Å². The number of likely N-dealkylation sites (N-methyl/N-ethyl adjacent to an activating group) is 1. The van der Waals surface area contributed by atoms with E-state index in [1.54, 1.807) is 0 Å². The van der Waals surface area contributed by atoms with Crippen LogP contribution in [0.15, 0.2) is 18.2 Å². The molecular weight excluding hydrogens is 258 g/mol. The zero-order valence-electron chi connectivity index (χ0n) is 11.9. The minimum absolute atomic E-state index is 0.501. The second kappa shape index (κ2) is 6.60. The number of halogens is 1. The Morgan fingerprint density at radius 1 is 1.37 bits per heavy atom.